The first-order valence-corrected chi connectivity index (χ1v) is 2.22. The Bertz CT molecular complexity index is 147. The van der Waals surface area contributed by atoms with Gasteiger partial charge in [0.2, 0.25) is 5.95 Å². The van der Waals surface area contributed by atoms with Gasteiger partial charge in [-0.05, 0) is 18.6 Å². The maximum absolute atomic E-state index is 11.9. The van der Waals surface area contributed by atoms with E-state index in [4.69, 9.17) is 0 Å². The van der Waals surface area contributed by atoms with Gasteiger partial charge in [-0.2, -0.15) is 4.39 Å². The molecule has 41 valence electrons. The highest BCUT2D eigenvalue weighted by Crippen LogP contribution is 1.94. The Kier molecular flexibility index (Phi) is 1.24. The Morgan fingerprint density at radius 3 is 2.62 bits per heavy atom. The minimum absolute atomic E-state index is 0.461. The van der Waals surface area contributed by atoms with Gasteiger partial charge in [0.05, 0.1) is 0 Å². The normalized spacial score (nSPS) is 9.25. The minimum atomic E-state index is -0.461. The van der Waals surface area contributed by atoms with Crippen LogP contribution in [0.2, 0.25) is 0 Å². The second-order valence-corrected chi connectivity index (χ2v) is 1.49. The molecule has 0 unspecified atom stereocenters. The van der Waals surface area contributed by atoms with Crippen LogP contribution in [0.4, 0.5) is 4.39 Å². The van der Waals surface area contributed by atoms with Crippen molar-refractivity contribution in [2.45, 2.75) is 0 Å². The van der Waals surface area contributed by atoms with E-state index in [0.717, 1.165) is 5.56 Å². The predicted molar refractivity (Wildman–Crippen MR) is 28.7 cm³/mol. The summed E-state index contributed by atoms with van der Waals surface area (Å²) < 4.78 is 11.9. The molecule has 1 heterocycles. The summed E-state index contributed by atoms with van der Waals surface area (Å²) in [4.78, 5) is 3.35. The van der Waals surface area contributed by atoms with Crippen molar-refractivity contribution in [2.75, 3.05) is 0 Å². The number of hydrogen-bond acceptors (Lipinski definition) is 1. The van der Waals surface area contributed by atoms with E-state index in [-0.39, 0.29) is 0 Å². The number of halogens is 1. The van der Waals surface area contributed by atoms with Crippen LogP contribution < -0.4 is 0 Å². The van der Waals surface area contributed by atoms with Gasteiger partial charge in [0, 0.05) is 6.20 Å². The molecule has 1 aromatic heterocycles. The summed E-state index contributed by atoms with van der Waals surface area (Å²) in [5, 5.41) is 0. The highest BCUT2D eigenvalue weighted by molar-refractivity contribution is 5.11. The second kappa shape index (κ2) is 1.90. The van der Waals surface area contributed by atoms with Crippen LogP contribution in [-0.4, -0.2) is 4.98 Å². The van der Waals surface area contributed by atoms with Crippen molar-refractivity contribution in [1.82, 2.24) is 4.98 Å². The van der Waals surface area contributed by atoms with E-state index in [0.29, 0.717) is 0 Å². The van der Waals surface area contributed by atoms with Gasteiger partial charge in [0.25, 0.3) is 0 Å². The van der Waals surface area contributed by atoms with E-state index in [1.807, 2.05) is 0 Å². The van der Waals surface area contributed by atoms with Crippen molar-refractivity contribution >= 4 is 0 Å². The molecule has 1 aromatic rings. The molecule has 0 aromatic carbocycles. The number of pyridine rings is 1. The smallest absolute Gasteiger partial charge is 0.212 e. The van der Waals surface area contributed by atoms with Gasteiger partial charge in [-0.15, -0.1) is 0 Å². The van der Waals surface area contributed by atoms with E-state index in [9.17, 15) is 4.39 Å². The summed E-state index contributed by atoms with van der Waals surface area (Å²) in [7, 11) is 0. The topological polar surface area (TPSA) is 12.9 Å². The summed E-state index contributed by atoms with van der Waals surface area (Å²) in [5.74, 6) is -0.461. The third-order valence-corrected chi connectivity index (χ3v) is 0.789. The molecule has 0 spiro atoms. The Labute approximate surface area is 47.2 Å². The van der Waals surface area contributed by atoms with Crippen LogP contribution in [0.3, 0.4) is 0 Å². The first kappa shape index (κ1) is 5.22. The molecule has 0 amide bonds. The van der Waals surface area contributed by atoms with Crippen molar-refractivity contribution in [3.8, 4) is 0 Å². The molecule has 0 fully saturated rings. The lowest BCUT2D eigenvalue weighted by Crippen LogP contribution is -1.79. The fourth-order valence-electron chi connectivity index (χ4n) is 0.406. The van der Waals surface area contributed by atoms with Gasteiger partial charge < -0.3 is 0 Å². The first-order chi connectivity index (χ1) is 3.79. The molecule has 1 radical (unpaired) electrons. The van der Waals surface area contributed by atoms with Crippen molar-refractivity contribution < 1.29 is 4.39 Å². The molecule has 0 aliphatic rings. The van der Waals surface area contributed by atoms with Crippen LogP contribution >= 0.6 is 0 Å². The van der Waals surface area contributed by atoms with E-state index in [1.165, 1.54) is 12.3 Å². The lowest BCUT2D eigenvalue weighted by atomic mass is 10.3. The fraction of sp³-hybridized carbons (Fsp3) is 0. The van der Waals surface area contributed by atoms with Gasteiger partial charge in [-0.1, -0.05) is 6.07 Å². The summed E-state index contributed by atoms with van der Waals surface area (Å²) in [6.07, 6.45) is 1.38. The van der Waals surface area contributed by atoms with Gasteiger partial charge in [-0.3, -0.25) is 0 Å². The maximum Gasteiger partial charge on any atom is 0.212 e. The predicted octanol–water partition coefficient (Wildman–Crippen LogP) is 1.40. The molecule has 2 heteroatoms. The van der Waals surface area contributed by atoms with E-state index in [2.05, 4.69) is 11.9 Å². The van der Waals surface area contributed by atoms with E-state index >= 15 is 0 Å². The molecule has 0 bridgehead atoms. The summed E-state index contributed by atoms with van der Waals surface area (Å²) in [5.41, 5.74) is 0.728. The summed E-state index contributed by atoms with van der Waals surface area (Å²) >= 11 is 0. The molecule has 1 nitrogen and oxygen atoms in total. The molecule has 8 heavy (non-hydrogen) atoms. The van der Waals surface area contributed by atoms with Crippen molar-refractivity contribution in [1.29, 1.82) is 0 Å². The molecule has 0 saturated carbocycles. The van der Waals surface area contributed by atoms with Gasteiger partial charge in [-0.25, -0.2) is 4.98 Å². The second-order valence-electron chi connectivity index (χ2n) is 1.49. The van der Waals surface area contributed by atoms with Crippen molar-refractivity contribution in [3.63, 3.8) is 0 Å². The van der Waals surface area contributed by atoms with Crippen LogP contribution in [-0.2, 0) is 0 Å². The van der Waals surface area contributed by atoms with E-state index < -0.39 is 5.95 Å². The molecule has 0 atom stereocenters. The highest BCUT2D eigenvalue weighted by Gasteiger charge is 1.85. The average Bonchev–Trinajstić information content (AvgIpc) is 1.77. The molecular formula is C6H5FN. The zero-order valence-electron chi connectivity index (χ0n) is 4.26. The van der Waals surface area contributed by atoms with Crippen LogP contribution in [0, 0.1) is 12.9 Å². The lowest BCUT2D eigenvalue weighted by molar-refractivity contribution is 0.583. The van der Waals surface area contributed by atoms with Gasteiger partial charge in [0.15, 0.2) is 0 Å². The highest BCUT2D eigenvalue weighted by atomic mass is 19.1. The fourth-order valence-corrected chi connectivity index (χ4v) is 0.406. The number of aromatic nitrogens is 1. The number of rotatable bonds is 0. The molecule has 0 N–H and O–H groups in total. The maximum atomic E-state index is 11.9. The van der Waals surface area contributed by atoms with Crippen LogP contribution in [0.25, 0.3) is 0 Å². The zero-order valence-corrected chi connectivity index (χ0v) is 4.26. The van der Waals surface area contributed by atoms with Crippen LogP contribution in [0.1, 0.15) is 5.56 Å². The molecule has 0 aliphatic heterocycles. The molecular weight excluding hydrogens is 105 g/mol. The Balaban J connectivity index is 3.03. The Morgan fingerprint density at radius 2 is 2.25 bits per heavy atom. The van der Waals surface area contributed by atoms with Crippen LogP contribution in [0.5, 0.6) is 0 Å². The van der Waals surface area contributed by atoms with Gasteiger partial charge in [0.1, 0.15) is 0 Å². The Morgan fingerprint density at radius 1 is 1.50 bits per heavy atom. The zero-order chi connectivity index (χ0) is 5.98. The van der Waals surface area contributed by atoms with E-state index in [1.54, 1.807) is 6.07 Å². The standard InChI is InChI=1S/C6H5FN/c1-5-2-3-6(7)8-4-5/h2-4H,1H2. The quantitative estimate of drug-likeness (QED) is 0.460. The average molecular weight is 110 g/mol. The van der Waals surface area contributed by atoms with Crippen molar-refractivity contribution in [2.24, 2.45) is 0 Å². The lowest BCUT2D eigenvalue weighted by Gasteiger charge is -1.86. The molecule has 0 aliphatic carbocycles. The van der Waals surface area contributed by atoms with Gasteiger partial charge >= 0.3 is 0 Å². The SMILES string of the molecule is [CH2]c1ccc(F)nc1. The summed E-state index contributed by atoms with van der Waals surface area (Å²) in [6.45, 7) is 3.53. The van der Waals surface area contributed by atoms with Crippen LogP contribution in [0.15, 0.2) is 18.3 Å². The first-order valence-electron chi connectivity index (χ1n) is 2.22. The monoisotopic (exact) mass is 110 g/mol. The molecule has 0 saturated heterocycles. The largest absolute Gasteiger partial charge is 0.228 e. The third-order valence-electron chi connectivity index (χ3n) is 0.789. The number of nitrogens with zero attached hydrogens (tertiary/aromatic N) is 1. The summed E-state index contributed by atoms with van der Waals surface area (Å²) in [6, 6.07) is 2.85. The third kappa shape index (κ3) is 1.03. The molecule has 1 rings (SSSR count). The minimum Gasteiger partial charge on any atom is -0.228 e. The Hall–Kier alpha value is -0.920. The number of hydrogen-bond donors (Lipinski definition) is 0. The van der Waals surface area contributed by atoms with Crippen molar-refractivity contribution in [3.05, 3.63) is 36.8 Å².